The summed E-state index contributed by atoms with van der Waals surface area (Å²) in [6, 6.07) is 7.71. The molecule has 0 spiro atoms. The Hall–Kier alpha value is -1.09. The lowest BCUT2D eigenvalue weighted by molar-refractivity contribution is 0.557. The molecule has 0 saturated heterocycles. The van der Waals surface area contributed by atoms with Gasteiger partial charge in [0.15, 0.2) is 0 Å². The highest BCUT2D eigenvalue weighted by Gasteiger charge is 1.94. The van der Waals surface area contributed by atoms with Gasteiger partial charge in [-0.15, -0.1) is 0 Å². The number of benzene rings is 1. The molecule has 0 bridgehead atoms. The fourth-order valence-electron chi connectivity index (χ4n) is 0.909. The normalized spacial score (nSPS) is 9.42. The van der Waals surface area contributed by atoms with Gasteiger partial charge in [0.05, 0.1) is 0 Å². The van der Waals surface area contributed by atoms with Gasteiger partial charge >= 0.3 is 0 Å². The highest BCUT2D eigenvalue weighted by atomic mass is 32.1. The van der Waals surface area contributed by atoms with Gasteiger partial charge in [0.25, 0.3) is 5.17 Å². The van der Waals surface area contributed by atoms with E-state index in [1.807, 2.05) is 24.3 Å². The lowest BCUT2D eigenvalue weighted by Gasteiger charge is -2.02. The van der Waals surface area contributed by atoms with Crippen LogP contribution in [-0.4, -0.2) is 5.17 Å². The average Bonchev–Trinajstić information content (AvgIpc) is 2.05. The smallest absolute Gasteiger partial charge is 0.259 e. The largest absolute Gasteiger partial charge is 0.432 e. The molecule has 2 N–H and O–H groups in total. The fraction of sp³-hybridized carbons (Fsp3) is 0.222. The predicted molar refractivity (Wildman–Crippen MR) is 53.2 cm³/mol. The molecule has 0 radical (unpaired) electrons. The van der Waals surface area contributed by atoms with Crippen LogP contribution in [0.2, 0.25) is 0 Å². The summed E-state index contributed by atoms with van der Waals surface area (Å²) in [4.78, 5) is 0. The Balaban J connectivity index is 2.71. The number of nitrogens with two attached hydrogens (primary N) is 1. The van der Waals surface area contributed by atoms with E-state index in [1.165, 1.54) is 5.56 Å². The van der Waals surface area contributed by atoms with Crippen LogP contribution in [0.3, 0.4) is 0 Å². The molecule has 0 heterocycles. The summed E-state index contributed by atoms with van der Waals surface area (Å²) in [6.07, 6.45) is 1.02. The molecule has 0 unspecified atom stereocenters. The van der Waals surface area contributed by atoms with Crippen LogP contribution in [0.15, 0.2) is 24.3 Å². The van der Waals surface area contributed by atoms with Crippen molar-refractivity contribution in [1.82, 2.24) is 0 Å². The molecule has 0 fully saturated rings. The van der Waals surface area contributed by atoms with E-state index in [1.54, 1.807) is 0 Å². The molecule has 0 saturated carbocycles. The molecule has 12 heavy (non-hydrogen) atoms. The maximum Gasteiger partial charge on any atom is 0.259 e. The highest BCUT2D eigenvalue weighted by Crippen LogP contribution is 2.12. The van der Waals surface area contributed by atoms with E-state index in [-0.39, 0.29) is 5.17 Å². The molecule has 0 amide bonds. The Bertz CT molecular complexity index is 268. The molecule has 0 aliphatic heterocycles. The Morgan fingerprint density at radius 2 is 2.00 bits per heavy atom. The minimum absolute atomic E-state index is 0.0549. The summed E-state index contributed by atoms with van der Waals surface area (Å²) in [7, 11) is 0. The van der Waals surface area contributed by atoms with Crippen molar-refractivity contribution in [3.05, 3.63) is 29.8 Å². The van der Waals surface area contributed by atoms with Crippen LogP contribution in [0, 0.1) is 0 Å². The van der Waals surface area contributed by atoms with Gasteiger partial charge in [-0.2, -0.15) is 0 Å². The van der Waals surface area contributed by atoms with Crippen molar-refractivity contribution in [3.63, 3.8) is 0 Å². The van der Waals surface area contributed by atoms with Gasteiger partial charge in [0.2, 0.25) is 0 Å². The quantitative estimate of drug-likeness (QED) is 0.707. The molecule has 64 valence electrons. The molecule has 3 heteroatoms. The van der Waals surface area contributed by atoms with Gasteiger partial charge in [-0.25, -0.2) is 0 Å². The van der Waals surface area contributed by atoms with E-state index < -0.39 is 0 Å². The van der Waals surface area contributed by atoms with Crippen LogP contribution in [-0.2, 0) is 6.42 Å². The standard InChI is InChI=1S/C9H11NOS/c1-2-7-3-5-8(6-4-7)11-9(10)12/h3-6H,2H2,1H3,(H2,10,12). The number of hydrogen-bond acceptors (Lipinski definition) is 2. The molecule has 0 atom stereocenters. The molecular formula is C9H11NOS. The summed E-state index contributed by atoms with van der Waals surface area (Å²) in [5, 5.41) is 0.0549. The summed E-state index contributed by atoms with van der Waals surface area (Å²) in [6.45, 7) is 2.10. The number of ether oxygens (including phenoxy) is 1. The molecule has 0 aromatic heterocycles. The Morgan fingerprint density at radius 3 is 2.42 bits per heavy atom. The number of hydrogen-bond donors (Lipinski definition) is 1. The van der Waals surface area contributed by atoms with Crippen LogP contribution in [0.1, 0.15) is 12.5 Å². The van der Waals surface area contributed by atoms with Crippen molar-refractivity contribution >= 4 is 17.4 Å². The maximum absolute atomic E-state index is 5.20. The third kappa shape index (κ3) is 2.51. The van der Waals surface area contributed by atoms with E-state index in [0.29, 0.717) is 5.75 Å². The van der Waals surface area contributed by atoms with Crippen molar-refractivity contribution in [2.24, 2.45) is 5.73 Å². The van der Waals surface area contributed by atoms with Crippen molar-refractivity contribution < 1.29 is 4.74 Å². The first kappa shape index (κ1) is 9.00. The minimum atomic E-state index is 0.0549. The zero-order chi connectivity index (χ0) is 8.97. The SMILES string of the molecule is CCc1ccc(OC(N)=S)cc1. The molecule has 0 aliphatic carbocycles. The lowest BCUT2D eigenvalue weighted by atomic mass is 10.2. The van der Waals surface area contributed by atoms with E-state index in [9.17, 15) is 0 Å². The van der Waals surface area contributed by atoms with E-state index in [4.69, 9.17) is 10.5 Å². The van der Waals surface area contributed by atoms with Gasteiger partial charge in [0, 0.05) is 0 Å². The summed E-state index contributed by atoms with van der Waals surface area (Å²) < 4.78 is 5.02. The van der Waals surface area contributed by atoms with E-state index in [2.05, 4.69) is 19.1 Å². The second-order valence-electron chi connectivity index (χ2n) is 2.42. The summed E-state index contributed by atoms with van der Waals surface area (Å²) in [5.41, 5.74) is 6.47. The van der Waals surface area contributed by atoms with Crippen LogP contribution >= 0.6 is 12.2 Å². The lowest BCUT2D eigenvalue weighted by Crippen LogP contribution is -2.15. The first-order valence-corrected chi connectivity index (χ1v) is 4.19. The van der Waals surface area contributed by atoms with Gasteiger partial charge in [-0.1, -0.05) is 19.1 Å². The first-order valence-electron chi connectivity index (χ1n) is 3.78. The van der Waals surface area contributed by atoms with Crippen LogP contribution in [0.25, 0.3) is 0 Å². The Labute approximate surface area is 77.3 Å². The second-order valence-corrected chi connectivity index (χ2v) is 2.82. The summed E-state index contributed by atoms with van der Waals surface area (Å²) in [5.74, 6) is 0.694. The first-order chi connectivity index (χ1) is 5.72. The van der Waals surface area contributed by atoms with Gasteiger partial charge in [-0.05, 0) is 36.3 Å². The zero-order valence-electron chi connectivity index (χ0n) is 6.91. The second kappa shape index (κ2) is 4.07. The molecule has 0 aliphatic rings. The molecular weight excluding hydrogens is 170 g/mol. The minimum Gasteiger partial charge on any atom is -0.432 e. The molecule has 1 aromatic carbocycles. The van der Waals surface area contributed by atoms with E-state index >= 15 is 0 Å². The Kier molecular flexibility index (Phi) is 3.05. The fourth-order valence-corrected chi connectivity index (χ4v) is 1.01. The molecule has 1 aromatic rings. The molecule has 2 nitrogen and oxygen atoms in total. The highest BCUT2D eigenvalue weighted by molar-refractivity contribution is 7.80. The average molecular weight is 181 g/mol. The monoisotopic (exact) mass is 181 g/mol. The topological polar surface area (TPSA) is 35.2 Å². The van der Waals surface area contributed by atoms with Gasteiger partial charge in [-0.3, -0.25) is 0 Å². The van der Waals surface area contributed by atoms with Crippen LogP contribution in [0.4, 0.5) is 0 Å². The van der Waals surface area contributed by atoms with Gasteiger partial charge < -0.3 is 10.5 Å². The van der Waals surface area contributed by atoms with E-state index in [0.717, 1.165) is 6.42 Å². The van der Waals surface area contributed by atoms with Crippen molar-refractivity contribution in [2.75, 3.05) is 0 Å². The third-order valence-electron chi connectivity index (χ3n) is 1.55. The third-order valence-corrected chi connectivity index (χ3v) is 1.63. The Morgan fingerprint density at radius 1 is 1.42 bits per heavy atom. The van der Waals surface area contributed by atoms with Crippen LogP contribution in [0.5, 0.6) is 5.75 Å². The van der Waals surface area contributed by atoms with Crippen molar-refractivity contribution in [1.29, 1.82) is 0 Å². The number of thiocarbonyl (C=S) groups is 1. The number of rotatable bonds is 2. The maximum atomic E-state index is 5.20. The summed E-state index contributed by atoms with van der Waals surface area (Å²) >= 11 is 4.59. The van der Waals surface area contributed by atoms with Crippen molar-refractivity contribution in [2.45, 2.75) is 13.3 Å². The zero-order valence-corrected chi connectivity index (χ0v) is 7.73. The predicted octanol–water partition coefficient (Wildman–Crippen LogP) is 1.87. The number of aryl methyl sites for hydroxylation is 1. The molecule has 1 rings (SSSR count). The van der Waals surface area contributed by atoms with Crippen molar-refractivity contribution in [3.8, 4) is 5.75 Å². The van der Waals surface area contributed by atoms with Crippen LogP contribution < -0.4 is 10.5 Å². The van der Waals surface area contributed by atoms with Gasteiger partial charge in [0.1, 0.15) is 5.75 Å².